The summed E-state index contributed by atoms with van der Waals surface area (Å²) in [5, 5.41) is 4.68. The van der Waals surface area contributed by atoms with E-state index in [1.807, 2.05) is 41.2 Å². The lowest BCUT2D eigenvalue weighted by molar-refractivity contribution is 0.0940. The Morgan fingerprint density at radius 2 is 2.16 bits per heavy atom. The van der Waals surface area contributed by atoms with Gasteiger partial charge in [0.1, 0.15) is 0 Å². The fourth-order valence-corrected chi connectivity index (χ4v) is 3.03. The molecule has 3 aromatic rings. The molecule has 1 aliphatic heterocycles. The normalized spacial score (nSPS) is 16.9. The first-order chi connectivity index (χ1) is 12.3. The van der Waals surface area contributed by atoms with Crippen LogP contribution in [0.25, 0.3) is 22.6 Å². The van der Waals surface area contributed by atoms with E-state index < -0.39 is 0 Å². The predicted octanol–water partition coefficient (Wildman–Crippen LogP) is 3.19. The first-order valence-corrected chi connectivity index (χ1v) is 8.45. The molecule has 0 bridgehead atoms. The number of aromatic nitrogens is 4. The Morgan fingerprint density at radius 1 is 1.24 bits per heavy atom. The van der Waals surface area contributed by atoms with Crippen molar-refractivity contribution in [3.8, 4) is 28.5 Å². The van der Waals surface area contributed by atoms with Gasteiger partial charge in [-0.15, -0.1) is 0 Å². The van der Waals surface area contributed by atoms with E-state index in [1.165, 1.54) is 0 Å². The van der Waals surface area contributed by atoms with Crippen LogP contribution in [-0.2, 0) is 11.3 Å². The molecular formula is C19H20N4O2. The summed E-state index contributed by atoms with van der Waals surface area (Å²) in [5.41, 5.74) is 2.91. The fraction of sp³-hybridized carbons (Fsp3) is 0.316. The highest BCUT2D eigenvalue weighted by molar-refractivity contribution is 5.67. The minimum absolute atomic E-state index is 0.282. The van der Waals surface area contributed by atoms with Crippen LogP contribution in [0.2, 0.25) is 0 Å². The van der Waals surface area contributed by atoms with Gasteiger partial charge in [-0.1, -0.05) is 18.2 Å². The van der Waals surface area contributed by atoms with Gasteiger partial charge in [0.15, 0.2) is 5.82 Å². The summed E-state index contributed by atoms with van der Waals surface area (Å²) >= 11 is 0. The van der Waals surface area contributed by atoms with Gasteiger partial charge in [0.2, 0.25) is 5.88 Å². The van der Waals surface area contributed by atoms with Crippen LogP contribution in [0.5, 0.6) is 5.88 Å². The van der Waals surface area contributed by atoms with Gasteiger partial charge >= 0.3 is 0 Å². The zero-order valence-corrected chi connectivity index (χ0v) is 14.1. The van der Waals surface area contributed by atoms with E-state index in [0.29, 0.717) is 11.7 Å². The van der Waals surface area contributed by atoms with Crippen molar-refractivity contribution in [2.75, 3.05) is 13.7 Å². The lowest BCUT2D eigenvalue weighted by Crippen LogP contribution is -2.15. The average molecular weight is 336 g/mol. The summed E-state index contributed by atoms with van der Waals surface area (Å²) in [6, 6.07) is 11.8. The third-order valence-corrected chi connectivity index (χ3v) is 4.31. The molecule has 1 atom stereocenters. The molecule has 1 saturated heterocycles. The molecular weight excluding hydrogens is 316 g/mol. The molecule has 4 rings (SSSR count). The van der Waals surface area contributed by atoms with Crippen LogP contribution in [0.1, 0.15) is 12.8 Å². The molecule has 2 aromatic heterocycles. The van der Waals surface area contributed by atoms with Crippen molar-refractivity contribution in [1.82, 2.24) is 19.7 Å². The summed E-state index contributed by atoms with van der Waals surface area (Å²) in [5.74, 6) is 1.19. The second kappa shape index (κ2) is 7.03. The summed E-state index contributed by atoms with van der Waals surface area (Å²) in [6.07, 6.45) is 6.24. The van der Waals surface area contributed by atoms with E-state index >= 15 is 0 Å². The second-order valence-corrected chi connectivity index (χ2v) is 6.06. The average Bonchev–Trinajstić information content (AvgIpc) is 3.34. The molecule has 1 aromatic carbocycles. The van der Waals surface area contributed by atoms with Gasteiger partial charge in [0, 0.05) is 36.2 Å². The Balaban J connectivity index is 1.57. The number of nitrogens with zero attached hydrogens (tertiary/aromatic N) is 4. The Hall–Kier alpha value is -2.73. The highest BCUT2D eigenvalue weighted by Gasteiger charge is 2.16. The van der Waals surface area contributed by atoms with E-state index in [4.69, 9.17) is 9.47 Å². The topological polar surface area (TPSA) is 62.1 Å². The Labute approximate surface area is 146 Å². The molecule has 6 heteroatoms. The molecule has 6 nitrogen and oxygen atoms in total. The molecule has 0 amide bonds. The SMILES string of the molecule is COc1ccnc(-c2cccc(-c3ccn(C[C@H]4CCCO4)n3)c2)n1. The molecule has 0 N–H and O–H groups in total. The van der Waals surface area contributed by atoms with Gasteiger partial charge < -0.3 is 9.47 Å². The maximum atomic E-state index is 5.68. The van der Waals surface area contributed by atoms with Crippen molar-refractivity contribution >= 4 is 0 Å². The van der Waals surface area contributed by atoms with E-state index in [1.54, 1.807) is 19.4 Å². The standard InChI is InChI=1S/C19H20N4O2/c1-24-18-7-9-20-19(21-18)15-5-2-4-14(12-15)17-8-10-23(22-17)13-16-6-3-11-25-16/h2,4-5,7-10,12,16H,3,6,11,13H2,1H3/t16-/m1/s1. The molecule has 1 fully saturated rings. The summed E-state index contributed by atoms with van der Waals surface area (Å²) < 4.78 is 12.8. The van der Waals surface area contributed by atoms with Crippen LogP contribution in [0.15, 0.2) is 48.8 Å². The van der Waals surface area contributed by atoms with Gasteiger partial charge in [-0.2, -0.15) is 10.1 Å². The first kappa shape index (κ1) is 15.8. The van der Waals surface area contributed by atoms with Crippen molar-refractivity contribution < 1.29 is 9.47 Å². The minimum Gasteiger partial charge on any atom is -0.481 e. The number of rotatable bonds is 5. The second-order valence-electron chi connectivity index (χ2n) is 6.06. The molecule has 3 heterocycles. The summed E-state index contributed by atoms with van der Waals surface area (Å²) in [4.78, 5) is 8.73. The van der Waals surface area contributed by atoms with Gasteiger partial charge in [-0.3, -0.25) is 4.68 Å². The van der Waals surface area contributed by atoms with Crippen LogP contribution < -0.4 is 4.74 Å². The summed E-state index contributed by atoms with van der Waals surface area (Å²) in [7, 11) is 1.60. The zero-order valence-electron chi connectivity index (χ0n) is 14.1. The molecule has 0 spiro atoms. The smallest absolute Gasteiger partial charge is 0.216 e. The van der Waals surface area contributed by atoms with Crippen molar-refractivity contribution in [2.24, 2.45) is 0 Å². The van der Waals surface area contributed by atoms with Crippen molar-refractivity contribution in [3.05, 3.63) is 48.8 Å². The molecule has 25 heavy (non-hydrogen) atoms. The van der Waals surface area contributed by atoms with Crippen LogP contribution in [-0.4, -0.2) is 39.6 Å². The number of benzene rings is 1. The third kappa shape index (κ3) is 3.53. The predicted molar refractivity (Wildman–Crippen MR) is 94.2 cm³/mol. The zero-order chi connectivity index (χ0) is 17.1. The van der Waals surface area contributed by atoms with E-state index in [-0.39, 0.29) is 6.10 Å². The molecule has 1 aliphatic rings. The molecule has 128 valence electrons. The lowest BCUT2D eigenvalue weighted by Gasteiger charge is -2.08. The third-order valence-electron chi connectivity index (χ3n) is 4.31. The fourth-order valence-electron chi connectivity index (χ4n) is 3.03. The van der Waals surface area contributed by atoms with Gasteiger partial charge in [-0.05, 0) is 25.0 Å². The number of methoxy groups -OCH3 is 1. The van der Waals surface area contributed by atoms with E-state index in [9.17, 15) is 0 Å². The maximum absolute atomic E-state index is 5.68. The van der Waals surface area contributed by atoms with Crippen LogP contribution >= 0.6 is 0 Å². The maximum Gasteiger partial charge on any atom is 0.216 e. The van der Waals surface area contributed by atoms with E-state index in [0.717, 1.165) is 42.8 Å². The van der Waals surface area contributed by atoms with Crippen molar-refractivity contribution in [1.29, 1.82) is 0 Å². The Morgan fingerprint density at radius 3 is 3.00 bits per heavy atom. The minimum atomic E-state index is 0.282. The van der Waals surface area contributed by atoms with Crippen molar-refractivity contribution in [2.45, 2.75) is 25.5 Å². The summed E-state index contributed by atoms with van der Waals surface area (Å²) in [6.45, 7) is 1.67. The monoisotopic (exact) mass is 336 g/mol. The van der Waals surface area contributed by atoms with Gasteiger partial charge in [0.05, 0.1) is 25.5 Å². The van der Waals surface area contributed by atoms with Gasteiger partial charge in [-0.25, -0.2) is 4.98 Å². The number of ether oxygens (including phenoxy) is 2. The quantitative estimate of drug-likeness (QED) is 0.716. The van der Waals surface area contributed by atoms with Crippen LogP contribution in [0, 0.1) is 0 Å². The lowest BCUT2D eigenvalue weighted by atomic mass is 10.1. The Kier molecular flexibility index (Phi) is 4.43. The molecule has 0 aliphatic carbocycles. The first-order valence-electron chi connectivity index (χ1n) is 8.45. The number of hydrogen-bond donors (Lipinski definition) is 0. The van der Waals surface area contributed by atoms with Crippen LogP contribution in [0.3, 0.4) is 0 Å². The van der Waals surface area contributed by atoms with E-state index in [2.05, 4.69) is 15.1 Å². The Bertz CT molecular complexity index is 856. The van der Waals surface area contributed by atoms with Crippen molar-refractivity contribution in [3.63, 3.8) is 0 Å². The molecule has 0 radical (unpaired) electrons. The van der Waals surface area contributed by atoms with Gasteiger partial charge in [0.25, 0.3) is 0 Å². The molecule has 0 saturated carbocycles. The molecule has 0 unspecified atom stereocenters. The number of hydrogen-bond acceptors (Lipinski definition) is 5. The highest BCUT2D eigenvalue weighted by atomic mass is 16.5. The van der Waals surface area contributed by atoms with Crippen LogP contribution in [0.4, 0.5) is 0 Å². The largest absolute Gasteiger partial charge is 0.481 e. The highest BCUT2D eigenvalue weighted by Crippen LogP contribution is 2.24.